The Labute approximate surface area is 179 Å². The van der Waals surface area contributed by atoms with Crippen LogP contribution in [0.4, 0.5) is 10.1 Å². The third-order valence-electron chi connectivity index (χ3n) is 5.79. The predicted molar refractivity (Wildman–Crippen MR) is 110 cm³/mol. The van der Waals surface area contributed by atoms with Crippen LogP contribution in [-0.4, -0.2) is 23.1 Å². The average molecular weight is 418 g/mol. The van der Waals surface area contributed by atoms with Crippen LogP contribution < -0.4 is 21.9 Å². The average Bonchev–Trinajstić information content (AvgIpc) is 3.14. The molecule has 0 amide bonds. The van der Waals surface area contributed by atoms with Gasteiger partial charge in [0.1, 0.15) is 0 Å². The summed E-state index contributed by atoms with van der Waals surface area (Å²) in [7, 11) is 0. The summed E-state index contributed by atoms with van der Waals surface area (Å²) in [4.78, 5) is 0. The summed E-state index contributed by atoms with van der Waals surface area (Å²) in [6, 6.07) is 11.5. The molecule has 0 spiro atoms. The number of hydrogen-bond donors (Lipinski definition) is 0. The van der Waals surface area contributed by atoms with Crippen LogP contribution in [0.1, 0.15) is 63.5 Å². The molecular weight excluding hydrogens is 389 g/mol. The van der Waals surface area contributed by atoms with Crippen LogP contribution in [-0.2, 0) is 6.42 Å². The maximum Gasteiger partial charge on any atom is 0.241 e. The van der Waals surface area contributed by atoms with Gasteiger partial charge in [-0.1, -0.05) is 44.7 Å². The molecule has 0 aliphatic carbocycles. The minimum absolute atomic E-state index is 0. The highest BCUT2D eigenvalue weighted by molar-refractivity contribution is 6.00. The van der Waals surface area contributed by atoms with Crippen LogP contribution in [0.5, 0.6) is 11.5 Å². The first-order chi connectivity index (χ1) is 13.7. The normalized spacial score (nSPS) is 17.1. The third kappa shape index (κ3) is 4.42. The van der Waals surface area contributed by atoms with E-state index in [1.807, 2.05) is 12.1 Å². The van der Waals surface area contributed by atoms with Crippen molar-refractivity contribution in [3.63, 3.8) is 0 Å². The van der Waals surface area contributed by atoms with Gasteiger partial charge >= 0.3 is 0 Å². The van der Waals surface area contributed by atoms with Gasteiger partial charge in [-0.2, -0.15) is 8.97 Å². The van der Waals surface area contributed by atoms with Crippen LogP contribution >= 0.6 is 0 Å². The Kier molecular flexibility index (Phi) is 7.18. The number of para-hydroxylation sites is 1. The molecular formula is C24H29ClFNO2. The highest BCUT2D eigenvalue weighted by Gasteiger charge is 2.35. The van der Waals surface area contributed by atoms with Crippen LogP contribution in [0, 0.1) is 5.82 Å². The first kappa shape index (κ1) is 21.6. The molecule has 5 heteroatoms. The van der Waals surface area contributed by atoms with Crippen molar-refractivity contribution < 1.29 is 30.8 Å². The van der Waals surface area contributed by atoms with Crippen LogP contribution in [0.25, 0.3) is 0 Å². The van der Waals surface area contributed by atoms with Gasteiger partial charge < -0.3 is 21.9 Å². The van der Waals surface area contributed by atoms with Crippen molar-refractivity contribution in [2.45, 2.75) is 64.8 Å². The lowest BCUT2D eigenvalue weighted by molar-refractivity contribution is -0.485. The van der Waals surface area contributed by atoms with E-state index in [1.165, 1.54) is 42.5 Å². The fraction of sp³-hybridized carbons (Fsp3) is 0.458. The third-order valence-corrected chi connectivity index (χ3v) is 5.79. The van der Waals surface area contributed by atoms with Crippen molar-refractivity contribution in [3.05, 3.63) is 53.3 Å². The molecule has 0 saturated heterocycles. The van der Waals surface area contributed by atoms with Gasteiger partial charge in [-0.05, 0) is 37.1 Å². The van der Waals surface area contributed by atoms with Crippen molar-refractivity contribution in [1.82, 2.24) is 0 Å². The number of nitrogens with zero attached hydrogens (tertiary/aromatic N) is 1. The van der Waals surface area contributed by atoms with Crippen molar-refractivity contribution in [2.24, 2.45) is 0 Å². The summed E-state index contributed by atoms with van der Waals surface area (Å²) in [5.41, 5.74) is 4.32. The van der Waals surface area contributed by atoms with Crippen LogP contribution in [0.3, 0.4) is 0 Å². The highest BCUT2D eigenvalue weighted by Crippen LogP contribution is 2.38. The molecule has 0 saturated carbocycles. The van der Waals surface area contributed by atoms with E-state index in [2.05, 4.69) is 30.6 Å². The lowest BCUT2D eigenvalue weighted by Crippen LogP contribution is -3.00. The smallest absolute Gasteiger partial charge is 0.241 e. The molecule has 0 fully saturated rings. The van der Waals surface area contributed by atoms with Crippen molar-refractivity contribution in [2.75, 3.05) is 6.79 Å². The monoisotopic (exact) mass is 417 g/mol. The molecule has 29 heavy (non-hydrogen) atoms. The molecule has 2 aromatic carbocycles. The second-order valence-electron chi connectivity index (χ2n) is 7.85. The van der Waals surface area contributed by atoms with Crippen molar-refractivity contribution in [3.8, 4) is 11.5 Å². The van der Waals surface area contributed by atoms with Gasteiger partial charge in [0.25, 0.3) is 0 Å². The number of ether oxygens (including phenoxy) is 2. The quantitative estimate of drug-likeness (QED) is 0.510. The maximum absolute atomic E-state index is 14.7. The molecule has 0 aromatic heterocycles. The largest absolute Gasteiger partial charge is 1.00 e. The second-order valence-corrected chi connectivity index (χ2v) is 7.85. The molecule has 0 radical (unpaired) electrons. The molecule has 156 valence electrons. The first-order valence-corrected chi connectivity index (χ1v) is 10.5. The zero-order valence-corrected chi connectivity index (χ0v) is 18.0. The molecule has 3 nitrogen and oxygen atoms in total. The standard InChI is InChI=1S/C24H29FNO2.ClH/c1-3-4-5-6-7-11-21-19-15-24-23(27-16-28-24)14-18(19)13-17(2)26(21)22-12-9-8-10-20(22)25;/h8-10,12,14-15,17H,3-7,11,13,16H2,1-2H3;1H/q+1;/p-1. The van der Waals surface area contributed by atoms with Gasteiger partial charge in [0.05, 0.1) is 0 Å². The van der Waals surface area contributed by atoms with Gasteiger partial charge in [0.15, 0.2) is 29.1 Å². The lowest BCUT2D eigenvalue weighted by atomic mass is 9.89. The zero-order valence-electron chi connectivity index (χ0n) is 17.2. The molecule has 2 aliphatic rings. The van der Waals surface area contributed by atoms with Crippen molar-refractivity contribution in [1.29, 1.82) is 0 Å². The van der Waals surface area contributed by atoms with E-state index in [1.54, 1.807) is 12.1 Å². The van der Waals surface area contributed by atoms with E-state index in [0.717, 1.165) is 30.8 Å². The summed E-state index contributed by atoms with van der Waals surface area (Å²) >= 11 is 0. The SMILES string of the molecule is CCCCCCCC1=[N+](c2ccccc2F)C(C)Cc2cc3c(cc21)OCO3.[Cl-]. The minimum atomic E-state index is -0.165. The second kappa shape index (κ2) is 9.62. The fourth-order valence-electron chi connectivity index (χ4n) is 4.41. The van der Waals surface area contributed by atoms with E-state index in [-0.39, 0.29) is 31.1 Å². The molecule has 2 aliphatic heterocycles. The van der Waals surface area contributed by atoms with Gasteiger partial charge in [-0.3, -0.25) is 0 Å². The lowest BCUT2D eigenvalue weighted by Gasteiger charge is -2.24. The van der Waals surface area contributed by atoms with Crippen LogP contribution in [0.2, 0.25) is 0 Å². The Morgan fingerprint density at radius 3 is 2.52 bits per heavy atom. The van der Waals surface area contributed by atoms with E-state index in [9.17, 15) is 4.39 Å². The topological polar surface area (TPSA) is 21.5 Å². The first-order valence-electron chi connectivity index (χ1n) is 10.5. The molecule has 2 aromatic rings. The van der Waals surface area contributed by atoms with Gasteiger partial charge in [0.2, 0.25) is 12.5 Å². The molecule has 0 N–H and O–H groups in total. The van der Waals surface area contributed by atoms with Gasteiger partial charge in [-0.15, -0.1) is 0 Å². The summed E-state index contributed by atoms with van der Waals surface area (Å²) in [5.74, 6) is 1.46. The van der Waals surface area contributed by atoms with E-state index < -0.39 is 0 Å². The van der Waals surface area contributed by atoms with E-state index in [0.29, 0.717) is 5.69 Å². The van der Waals surface area contributed by atoms with E-state index >= 15 is 0 Å². The Bertz CT molecular complexity index is 896. The molecule has 0 bridgehead atoms. The number of rotatable bonds is 7. The Morgan fingerprint density at radius 2 is 1.76 bits per heavy atom. The van der Waals surface area contributed by atoms with Gasteiger partial charge in [0, 0.05) is 24.5 Å². The number of halogens is 2. The Balaban J connectivity index is 0.00000240. The van der Waals surface area contributed by atoms with Gasteiger partial charge in [-0.25, -0.2) is 0 Å². The predicted octanol–water partition coefficient (Wildman–Crippen LogP) is 3.00. The summed E-state index contributed by atoms with van der Waals surface area (Å²) < 4.78 is 28.1. The van der Waals surface area contributed by atoms with E-state index in [4.69, 9.17) is 9.47 Å². The molecule has 1 atom stereocenters. The van der Waals surface area contributed by atoms with Crippen molar-refractivity contribution >= 4 is 11.4 Å². The molecule has 1 unspecified atom stereocenters. The Hall–Kier alpha value is -2.07. The summed E-state index contributed by atoms with van der Waals surface area (Å²) in [6.45, 7) is 4.69. The summed E-state index contributed by atoms with van der Waals surface area (Å²) in [5, 5.41) is 0. The number of fused-ring (bicyclic) bond motifs is 2. The number of hydrogen-bond acceptors (Lipinski definition) is 2. The number of unbranched alkanes of at least 4 members (excludes halogenated alkanes) is 4. The van der Waals surface area contributed by atoms with Crippen LogP contribution in [0.15, 0.2) is 36.4 Å². The maximum atomic E-state index is 14.7. The highest BCUT2D eigenvalue weighted by atomic mass is 35.5. The summed E-state index contributed by atoms with van der Waals surface area (Å²) in [6.07, 6.45) is 7.89. The number of benzene rings is 2. The minimum Gasteiger partial charge on any atom is -1.00 e. The zero-order chi connectivity index (χ0) is 19.5. The molecule has 2 heterocycles. The molecule has 4 rings (SSSR count). The fourth-order valence-corrected chi connectivity index (χ4v) is 4.41. The Morgan fingerprint density at radius 1 is 1.03 bits per heavy atom.